The van der Waals surface area contributed by atoms with Crippen LogP contribution in [0.2, 0.25) is 0 Å². The van der Waals surface area contributed by atoms with Crippen LogP contribution in [0.5, 0.6) is 0 Å². The van der Waals surface area contributed by atoms with Crippen molar-refractivity contribution in [3.8, 4) is 0 Å². The largest absolute Gasteiger partial charge is 0.0984 e. The van der Waals surface area contributed by atoms with Crippen LogP contribution in [0.25, 0.3) is 27.6 Å². The van der Waals surface area contributed by atoms with Gasteiger partial charge in [0.2, 0.25) is 0 Å². The van der Waals surface area contributed by atoms with Crippen molar-refractivity contribution in [1.82, 2.24) is 0 Å². The normalized spacial score (nSPS) is 11.1. The van der Waals surface area contributed by atoms with Crippen LogP contribution in [0.3, 0.4) is 0 Å². The van der Waals surface area contributed by atoms with E-state index in [1.165, 1.54) is 45.5 Å². The molecule has 0 amide bonds. The lowest BCUT2D eigenvalue weighted by Crippen LogP contribution is -1.91. The molecule has 0 heteroatoms. The van der Waals surface area contributed by atoms with E-state index in [1.54, 1.807) is 0 Å². The van der Waals surface area contributed by atoms with E-state index in [-0.39, 0.29) is 0 Å². The molecule has 0 saturated carbocycles. The summed E-state index contributed by atoms with van der Waals surface area (Å²) in [6, 6.07) is 17.6. The Kier molecular flexibility index (Phi) is 3.56. The maximum Gasteiger partial charge on any atom is -0.0102 e. The zero-order valence-electron chi connectivity index (χ0n) is 12.0. The molecule has 0 nitrogen and oxygen atoms in total. The highest BCUT2D eigenvalue weighted by molar-refractivity contribution is 6.02. The van der Waals surface area contributed by atoms with Crippen LogP contribution in [0.1, 0.15) is 30.9 Å². The maximum atomic E-state index is 4.03. The van der Waals surface area contributed by atoms with Gasteiger partial charge >= 0.3 is 0 Å². The minimum absolute atomic E-state index is 1.14. The quantitative estimate of drug-likeness (QED) is 0.506. The molecule has 20 heavy (non-hydrogen) atoms. The highest BCUT2D eigenvalue weighted by Crippen LogP contribution is 2.29. The molecule has 3 aromatic carbocycles. The minimum atomic E-state index is 1.14. The standard InChI is InChI=1S/C20H20/c1-3-5-8-15-11-12-18-13-16-9-6-7-10-17(16)14-20(18)19(15)4-2/h4,6-7,9-14H,2-3,5,8H2,1H3. The molecule has 0 heterocycles. The molecule has 0 saturated heterocycles. The predicted octanol–water partition coefficient (Wildman–Crippen LogP) is 5.98. The minimum Gasteiger partial charge on any atom is -0.0984 e. The van der Waals surface area contributed by atoms with Crippen LogP contribution in [0, 0.1) is 0 Å². The van der Waals surface area contributed by atoms with Crippen molar-refractivity contribution < 1.29 is 0 Å². The van der Waals surface area contributed by atoms with E-state index in [4.69, 9.17) is 0 Å². The Morgan fingerprint density at radius 1 is 0.950 bits per heavy atom. The Balaban J connectivity index is 2.26. The predicted molar refractivity (Wildman–Crippen MR) is 90.2 cm³/mol. The summed E-state index contributed by atoms with van der Waals surface area (Å²) in [7, 11) is 0. The smallest absolute Gasteiger partial charge is 0.0102 e. The van der Waals surface area contributed by atoms with Gasteiger partial charge in [-0.15, -0.1) is 0 Å². The summed E-state index contributed by atoms with van der Waals surface area (Å²) in [5, 5.41) is 5.23. The SMILES string of the molecule is C=Cc1c(CCCC)ccc2cc3ccccc3cc12. The van der Waals surface area contributed by atoms with Crippen molar-refractivity contribution in [3.63, 3.8) is 0 Å². The highest BCUT2D eigenvalue weighted by Gasteiger charge is 2.06. The summed E-state index contributed by atoms with van der Waals surface area (Å²) in [6.45, 7) is 6.27. The molecule has 0 aromatic heterocycles. The van der Waals surface area contributed by atoms with Gasteiger partial charge in [-0.25, -0.2) is 0 Å². The first-order valence-electron chi connectivity index (χ1n) is 7.40. The Labute approximate surface area is 120 Å². The Hall–Kier alpha value is -2.08. The molecular formula is C20H20. The Bertz CT molecular complexity index is 765. The fourth-order valence-electron chi connectivity index (χ4n) is 2.91. The monoisotopic (exact) mass is 260 g/mol. The van der Waals surface area contributed by atoms with Crippen molar-refractivity contribution in [2.45, 2.75) is 26.2 Å². The summed E-state index contributed by atoms with van der Waals surface area (Å²) in [5.74, 6) is 0. The van der Waals surface area contributed by atoms with Gasteiger partial charge < -0.3 is 0 Å². The summed E-state index contributed by atoms with van der Waals surface area (Å²) in [5.41, 5.74) is 2.73. The summed E-state index contributed by atoms with van der Waals surface area (Å²) >= 11 is 0. The second-order valence-electron chi connectivity index (χ2n) is 5.37. The number of fused-ring (bicyclic) bond motifs is 2. The molecule has 0 aliphatic heterocycles. The van der Waals surface area contributed by atoms with E-state index in [9.17, 15) is 0 Å². The lowest BCUT2D eigenvalue weighted by Gasteiger charge is -2.11. The van der Waals surface area contributed by atoms with E-state index in [1.807, 2.05) is 6.08 Å². The molecule has 0 radical (unpaired) electrons. The van der Waals surface area contributed by atoms with Crippen molar-refractivity contribution in [3.05, 3.63) is 66.2 Å². The van der Waals surface area contributed by atoms with Crippen molar-refractivity contribution in [1.29, 1.82) is 0 Å². The molecular weight excluding hydrogens is 240 g/mol. The molecule has 100 valence electrons. The van der Waals surface area contributed by atoms with Crippen LogP contribution >= 0.6 is 0 Å². The van der Waals surface area contributed by atoms with Crippen LogP contribution in [0.15, 0.2) is 55.1 Å². The molecule has 0 spiro atoms. The number of rotatable bonds is 4. The van der Waals surface area contributed by atoms with E-state index in [0.717, 1.165) is 6.42 Å². The first kappa shape index (κ1) is 12.9. The second kappa shape index (κ2) is 5.50. The van der Waals surface area contributed by atoms with E-state index in [0.29, 0.717) is 0 Å². The summed E-state index contributed by atoms with van der Waals surface area (Å²) in [6.07, 6.45) is 5.62. The molecule has 0 atom stereocenters. The molecule has 3 rings (SSSR count). The fraction of sp³-hybridized carbons (Fsp3) is 0.200. The lowest BCUT2D eigenvalue weighted by molar-refractivity contribution is 0.795. The first-order chi connectivity index (χ1) is 9.83. The molecule has 0 N–H and O–H groups in total. The van der Waals surface area contributed by atoms with Crippen molar-refractivity contribution >= 4 is 27.6 Å². The van der Waals surface area contributed by atoms with Crippen molar-refractivity contribution in [2.75, 3.05) is 0 Å². The average Bonchev–Trinajstić information content (AvgIpc) is 2.50. The molecule has 0 unspecified atom stereocenters. The topological polar surface area (TPSA) is 0 Å². The van der Waals surface area contributed by atoms with Crippen LogP contribution in [-0.2, 0) is 6.42 Å². The third-order valence-corrected chi connectivity index (χ3v) is 4.02. The van der Waals surface area contributed by atoms with Gasteiger partial charge in [0.05, 0.1) is 0 Å². The van der Waals surface area contributed by atoms with Crippen LogP contribution in [-0.4, -0.2) is 0 Å². The first-order valence-corrected chi connectivity index (χ1v) is 7.40. The van der Waals surface area contributed by atoms with Gasteiger partial charge in [-0.1, -0.05) is 62.4 Å². The lowest BCUT2D eigenvalue weighted by atomic mass is 9.94. The maximum absolute atomic E-state index is 4.03. The van der Waals surface area contributed by atoms with Gasteiger partial charge in [-0.05, 0) is 57.6 Å². The fourth-order valence-corrected chi connectivity index (χ4v) is 2.91. The zero-order valence-corrected chi connectivity index (χ0v) is 12.0. The van der Waals surface area contributed by atoms with Gasteiger partial charge in [-0.3, -0.25) is 0 Å². The number of unbranched alkanes of at least 4 members (excludes halogenated alkanes) is 1. The number of benzene rings is 3. The molecule has 0 aliphatic rings. The van der Waals surface area contributed by atoms with Gasteiger partial charge in [-0.2, -0.15) is 0 Å². The third-order valence-electron chi connectivity index (χ3n) is 4.02. The molecule has 0 bridgehead atoms. The summed E-state index contributed by atoms with van der Waals surface area (Å²) in [4.78, 5) is 0. The number of hydrogen-bond acceptors (Lipinski definition) is 0. The molecule has 0 aliphatic carbocycles. The Morgan fingerprint density at radius 2 is 1.70 bits per heavy atom. The van der Waals surface area contributed by atoms with Gasteiger partial charge in [0.15, 0.2) is 0 Å². The van der Waals surface area contributed by atoms with Crippen LogP contribution < -0.4 is 0 Å². The van der Waals surface area contributed by atoms with Gasteiger partial charge in [0.25, 0.3) is 0 Å². The zero-order chi connectivity index (χ0) is 13.9. The number of aryl methyl sites for hydroxylation is 1. The summed E-state index contributed by atoms with van der Waals surface area (Å²) < 4.78 is 0. The Morgan fingerprint density at radius 3 is 2.40 bits per heavy atom. The average molecular weight is 260 g/mol. The van der Waals surface area contributed by atoms with E-state index in [2.05, 4.69) is 62.0 Å². The number of hydrogen-bond donors (Lipinski definition) is 0. The van der Waals surface area contributed by atoms with E-state index >= 15 is 0 Å². The molecule has 3 aromatic rings. The van der Waals surface area contributed by atoms with Gasteiger partial charge in [0.1, 0.15) is 0 Å². The molecule has 0 fully saturated rings. The van der Waals surface area contributed by atoms with Crippen molar-refractivity contribution in [2.24, 2.45) is 0 Å². The van der Waals surface area contributed by atoms with Gasteiger partial charge in [0, 0.05) is 0 Å². The van der Waals surface area contributed by atoms with Crippen LogP contribution in [0.4, 0.5) is 0 Å². The van der Waals surface area contributed by atoms with E-state index < -0.39 is 0 Å². The third kappa shape index (κ3) is 2.22. The highest BCUT2D eigenvalue weighted by atomic mass is 14.1. The second-order valence-corrected chi connectivity index (χ2v) is 5.37.